The number of hydrogen-bond donors (Lipinski definition) is 1. The Morgan fingerprint density at radius 3 is 2.74 bits per heavy atom. The molecule has 0 spiro atoms. The highest BCUT2D eigenvalue weighted by Crippen LogP contribution is 2.10. The average Bonchev–Trinajstić information content (AvgIpc) is 2.97. The highest BCUT2D eigenvalue weighted by Gasteiger charge is 2.10. The summed E-state index contributed by atoms with van der Waals surface area (Å²) in [5.41, 5.74) is 7.70. The van der Waals surface area contributed by atoms with Crippen molar-refractivity contribution in [1.29, 1.82) is 0 Å². The second-order valence-corrected chi connectivity index (χ2v) is 6.00. The number of fused-ring (bicyclic) bond motifs is 1. The van der Waals surface area contributed by atoms with Crippen LogP contribution >= 0.6 is 23.7 Å². The molecule has 2 aromatic heterocycles. The van der Waals surface area contributed by atoms with Gasteiger partial charge in [-0.25, -0.2) is 4.98 Å². The van der Waals surface area contributed by atoms with Gasteiger partial charge in [0, 0.05) is 43.8 Å². The number of benzene rings is 1. The highest BCUT2D eigenvalue weighted by atomic mass is 35.5. The van der Waals surface area contributed by atoms with Gasteiger partial charge in [0.1, 0.15) is 0 Å². The van der Waals surface area contributed by atoms with E-state index in [1.54, 1.807) is 16.7 Å². The molecule has 5 nitrogen and oxygen atoms in total. The maximum absolute atomic E-state index is 12.0. The smallest absolute Gasteiger partial charge is 0.258 e. The SMILES string of the molecule is Cl.NCCN(Cc1ccccc1)Cc1cc(=O)n2ccsc2n1. The van der Waals surface area contributed by atoms with E-state index in [1.165, 1.54) is 16.9 Å². The van der Waals surface area contributed by atoms with Crippen molar-refractivity contribution in [3.8, 4) is 0 Å². The number of hydrogen-bond acceptors (Lipinski definition) is 5. The predicted molar refractivity (Wildman–Crippen MR) is 96.2 cm³/mol. The number of nitrogens with zero attached hydrogens (tertiary/aromatic N) is 3. The van der Waals surface area contributed by atoms with Gasteiger partial charge in [0.2, 0.25) is 0 Å². The van der Waals surface area contributed by atoms with Gasteiger partial charge in [0.25, 0.3) is 5.56 Å². The summed E-state index contributed by atoms with van der Waals surface area (Å²) in [5.74, 6) is 0. The van der Waals surface area contributed by atoms with Gasteiger partial charge in [0.15, 0.2) is 4.96 Å². The quantitative estimate of drug-likeness (QED) is 0.739. The van der Waals surface area contributed by atoms with E-state index >= 15 is 0 Å². The Bertz CT molecular complexity index is 802. The zero-order valence-corrected chi connectivity index (χ0v) is 14.2. The number of halogens is 1. The van der Waals surface area contributed by atoms with E-state index in [0.717, 1.165) is 23.7 Å². The van der Waals surface area contributed by atoms with Gasteiger partial charge in [0.05, 0.1) is 5.69 Å². The maximum atomic E-state index is 12.0. The number of thiazole rings is 1. The van der Waals surface area contributed by atoms with Gasteiger partial charge in [-0.15, -0.1) is 23.7 Å². The molecule has 3 aromatic rings. The summed E-state index contributed by atoms with van der Waals surface area (Å²) in [4.78, 5) is 19.5. The largest absolute Gasteiger partial charge is 0.329 e. The molecule has 0 fully saturated rings. The summed E-state index contributed by atoms with van der Waals surface area (Å²) in [6.45, 7) is 2.76. The fourth-order valence-corrected chi connectivity index (χ4v) is 3.17. The monoisotopic (exact) mass is 350 g/mol. The topological polar surface area (TPSA) is 63.6 Å². The molecule has 23 heavy (non-hydrogen) atoms. The second-order valence-electron chi connectivity index (χ2n) is 5.13. The van der Waals surface area contributed by atoms with Crippen LogP contribution in [-0.4, -0.2) is 27.4 Å². The fraction of sp³-hybridized carbons (Fsp3) is 0.250. The molecule has 0 aliphatic heterocycles. The maximum Gasteiger partial charge on any atom is 0.258 e. The third-order valence-electron chi connectivity index (χ3n) is 3.44. The Morgan fingerprint density at radius 1 is 1.22 bits per heavy atom. The molecule has 0 amide bonds. The molecule has 0 aliphatic carbocycles. The predicted octanol–water partition coefficient (Wildman–Crippen LogP) is 2.14. The van der Waals surface area contributed by atoms with Crippen molar-refractivity contribution in [2.45, 2.75) is 13.1 Å². The molecule has 3 rings (SSSR count). The first-order valence-corrected chi connectivity index (χ1v) is 8.06. The molecule has 0 aliphatic rings. The van der Waals surface area contributed by atoms with E-state index in [4.69, 9.17) is 5.73 Å². The molecule has 2 heterocycles. The van der Waals surface area contributed by atoms with E-state index in [1.807, 2.05) is 23.6 Å². The zero-order valence-electron chi connectivity index (χ0n) is 12.6. The second kappa shape index (κ2) is 8.21. The van der Waals surface area contributed by atoms with Crippen molar-refractivity contribution in [2.24, 2.45) is 5.73 Å². The van der Waals surface area contributed by atoms with Crippen molar-refractivity contribution in [2.75, 3.05) is 13.1 Å². The molecule has 0 saturated heterocycles. The van der Waals surface area contributed by atoms with Crippen LogP contribution in [0.25, 0.3) is 4.96 Å². The first kappa shape index (κ1) is 17.6. The van der Waals surface area contributed by atoms with Gasteiger partial charge in [-0.1, -0.05) is 30.3 Å². The van der Waals surface area contributed by atoms with Crippen molar-refractivity contribution in [3.63, 3.8) is 0 Å². The minimum absolute atomic E-state index is 0. The van der Waals surface area contributed by atoms with Crippen molar-refractivity contribution in [3.05, 3.63) is 69.6 Å². The summed E-state index contributed by atoms with van der Waals surface area (Å²) >= 11 is 1.47. The average molecular weight is 351 g/mol. The molecular weight excluding hydrogens is 332 g/mol. The molecule has 7 heteroatoms. The lowest BCUT2D eigenvalue weighted by Crippen LogP contribution is -2.29. The van der Waals surface area contributed by atoms with E-state index < -0.39 is 0 Å². The van der Waals surface area contributed by atoms with Crippen LogP contribution in [0.1, 0.15) is 11.3 Å². The van der Waals surface area contributed by atoms with Crippen LogP contribution in [0.15, 0.2) is 52.8 Å². The van der Waals surface area contributed by atoms with E-state index in [-0.39, 0.29) is 18.0 Å². The van der Waals surface area contributed by atoms with Crippen LogP contribution < -0.4 is 11.3 Å². The third-order valence-corrected chi connectivity index (χ3v) is 4.19. The van der Waals surface area contributed by atoms with Gasteiger partial charge < -0.3 is 5.73 Å². The molecule has 0 radical (unpaired) electrons. The fourth-order valence-electron chi connectivity index (χ4n) is 2.44. The van der Waals surface area contributed by atoms with Crippen molar-refractivity contribution in [1.82, 2.24) is 14.3 Å². The van der Waals surface area contributed by atoms with Crippen molar-refractivity contribution < 1.29 is 0 Å². The molecule has 0 saturated carbocycles. The Balaban J connectivity index is 0.00000192. The van der Waals surface area contributed by atoms with Crippen LogP contribution in [0.3, 0.4) is 0 Å². The Morgan fingerprint density at radius 2 is 2.00 bits per heavy atom. The van der Waals surface area contributed by atoms with Crippen LogP contribution in [0.4, 0.5) is 0 Å². The molecule has 0 bridgehead atoms. The molecule has 2 N–H and O–H groups in total. The van der Waals surface area contributed by atoms with E-state index in [0.29, 0.717) is 13.1 Å². The lowest BCUT2D eigenvalue weighted by Gasteiger charge is -2.21. The Labute approximate surface area is 144 Å². The minimum Gasteiger partial charge on any atom is -0.329 e. The number of nitrogens with two attached hydrogens (primary N) is 1. The first-order valence-electron chi connectivity index (χ1n) is 7.18. The normalized spacial score (nSPS) is 10.9. The summed E-state index contributed by atoms with van der Waals surface area (Å²) in [7, 11) is 0. The van der Waals surface area contributed by atoms with Gasteiger partial charge in [-0.3, -0.25) is 14.1 Å². The van der Waals surface area contributed by atoms with E-state index in [9.17, 15) is 4.79 Å². The number of aromatic nitrogens is 2. The van der Waals surface area contributed by atoms with Crippen molar-refractivity contribution >= 4 is 28.7 Å². The first-order chi connectivity index (χ1) is 10.8. The van der Waals surface area contributed by atoms with Crippen LogP contribution in [0.2, 0.25) is 0 Å². The van der Waals surface area contributed by atoms with Crippen LogP contribution in [-0.2, 0) is 13.1 Å². The summed E-state index contributed by atoms with van der Waals surface area (Å²) < 4.78 is 1.57. The zero-order chi connectivity index (χ0) is 15.4. The Kier molecular flexibility index (Phi) is 6.29. The van der Waals surface area contributed by atoms with Crippen LogP contribution in [0, 0.1) is 0 Å². The molecule has 1 aromatic carbocycles. The van der Waals surface area contributed by atoms with Gasteiger partial charge >= 0.3 is 0 Å². The molecule has 122 valence electrons. The summed E-state index contributed by atoms with van der Waals surface area (Å²) in [5, 5.41) is 1.87. The van der Waals surface area contributed by atoms with Crippen LogP contribution in [0.5, 0.6) is 0 Å². The van der Waals surface area contributed by atoms with Gasteiger partial charge in [-0.2, -0.15) is 0 Å². The summed E-state index contributed by atoms with van der Waals surface area (Å²) in [6.07, 6.45) is 1.75. The minimum atomic E-state index is -0.0336. The molecule has 0 unspecified atom stereocenters. The standard InChI is InChI=1S/C16H18N4OS.ClH/c17-6-7-19(11-13-4-2-1-3-5-13)12-14-10-15(21)20-8-9-22-16(20)18-14;/h1-5,8-10H,6-7,11-12,17H2;1H. The Hall–Kier alpha value is -1.73. The third kappa shape index (κ3) is 4.39. The molecular formula is C16H19ClN4OS. The lowest BCUT2D eigenvalue weighted by atomic mass is 10.2. The lowest BCUT2D eigenvalue weighted by molar-refractivity contribution is 0.261. The molecule has 0 atom stereocenters. The van der Waals surface area contributed by atoms with E-state index in [2.05, 4.69) is 22.0 Å². The highest BCUT2D eigenvalue weighted by molar-refractivity contribution is 7.15. The summed E-state index contributed by atoms with van der Waals surface area (Å²) in [6, 6.07) is 11.8. The number of rotatable bonds is 6. The van der Waals surface area contributed by atoms with Gasteiger partial charge in [-0.05, 0) is 5.56 Å².